The van der Waals surface area contributed by atoms with Crippen molar-refractivity contribution < 1.29 is 42.6 Å². The van der Waals surface area contributed by atoms with Crippen molar-refractivity contribution in [2.24, 2.45) is 5.41 Å². The second kappa shape index (κ2) is 46.5. The lowest BCUT2D eigenvalue weighted by Crippen LogP contribution is -2.24. The van der Waals surface area contributed by atoms with E-state index in [1.807, 2.05) is 145 Å². The highest BCUT2D eigenvalue weighted by Gasteiger charge is 2.30. The van der Waals surface area contributed by atoms with E-state index in [0.717, 1.165) is 98.8 Å². The smallest absolute Gasteiger partial charge is 0.388 e. The Kier molecular flexibility index (Phi) is 36.6. The lowest BCUT2D eigenvalue weighted by atomic mass is 9.72. The van der Waals surface area contributed by atoms with E-state index < -0.39 is 0 Å². The standard InChI is InChI=1S/C25H35N2O2.C24H25N2.C23H31N2O2.C17H19N2O3.C15H15N2O2/c1-8-24(4,5)19-10-13-23(21(17-19)25(6,7)9-2)29-15-14-28-20-11-12-22(27-26)18(3)16-20;1-17-16-20(12-15-23(17)26-25)18(2)19-10-13-22(14-11-19)24(3,4)21-8-6-5-7-9-21;1-17-15-20(11-12-21(17)25-24)27-14-13-26-19-9-7-18(8-10-19)23(5,6)16-22(2,3)4;1-12-10-16(8-9-17(12)19-18)22-13(2)11-21-15-6-4-14(20-3)5-7-15;1-12-11-14(7-8-15(12)17-16)19-10-9-18-13-5-3-2-4-6-13/h10-13,16-17H,8-9,14-15H2,1-7H3;5-16,18H,1-4H3;7-12,15H,13-14,16H2,1-6H3;4-10,13H,11H2,1-3H3;2-8,11H,9-10H2,1H3/q5*+1. The van der Waals surface area contributed by atoms with E-state index in [4.69, 9.17) is 69.6 Å². The molecule has 0 heterocycles. The zero-order valence-corrected chi connectivity index (χ0v) is 76.0. The summed E-state index contributed by atoms with van der Waals surface area (Å²) in [6.07, 6.45) is 3.14. The van der Waals surface area contributed by atoms with Gasteiger partial charge in [-0.3, -0.25) is 0 Å². The summed E-state index contributed by atoms with van der Waals surface area (Å²) in [5.41, 5.74) is 16.9. The summed E-state index contributed by atoms with van der Waals surface area (Å²) < 4.78 is 51.1. The van der Waals surface area contributed by atoms with E-state index in [1.165, 1.54) is 38.9 Å². The van der Waals surface area contributed by atoms with Crippen LogP contribution in [-0.4, -0.2) is 59.5 Å². The molecule has 0 radical (unpaired) electrons. The quantitative estimate of drug-likeness (QED) is 0.0291. The third-order valence-electron chi connectivity index (χ3n) is 21.9. The first kappa shape index (κ1) is 96.8. The van der Waals surface area contributed by atoms with Crippen LogP contribution in [0.25, 0.3) is 24.9 Å². The normalized spacial score (nSPS) is 11.5. The molecule has 0 fully saturated rings. The van der Waals surface area contributed by atoms with Crippen LogP contribution in [0.1, 0.15) is 196 Å². The molecular formula is C104H125N10O9+5. The molecule has 0 aliphatic heterocycles. The van der Waals surface area contributed by atoms with Crippen LogP contribution in [0.4, 0.5) is 28.4 Å². The number of rotatable bonds is 31. The fourth-order valence-corrected chi connectivity index (χ4v) is 13.8. The molecule has 0 aromatic heterocycles. The largest absolute Gasteiger partial charge is 0.497 e. The maximum atomic E-state index is 8.99. The van der Waals surface area contributed by atoms with Gasteiger partial charge in [-0.15, -0.1) is 0 Å². The third-order valence-corrected chi connectivity index (χ3v) is 21.9. The number of aryl methyl sites for hydroxylation is 5. The van der Waals surface area contributed by atoms with E-state index in [0.29, 0.717) is 74.7 Å². The summed E-state index contributed by atoms with van der Waals surface area (Å²) in [7, 11) is 1.63. The molecule has 0 bridgehead atoms. The summed E-state index contributed by atoms with van der Waals surface area (Å²) >= 11 is 0. The highest BCUT2D eigenvalue weighted by molar-refractivity contribution is 5.58. The van der Waals surface area contributed by atoms with Gasteiger partial charge in [0.05, 0.1) is 7.11 Å². The Morgan fingerprint density at radius 2 is 0.650 bits per heavy atom. The fraction of sp³-hybridized carbons (Fsp3) is 0.365. The van der Waals surface area contributed by atoms with Crippen LogP contribution in [0, 0.1) is 67.0 Å². The van der Waals surface area contributed by atoms with Gasteiger partial charge in [-0.05, 0) is 225 Å². The van der Waals surface area contributed by atoms with Crippen LogP contribution < -0.4 is 42.6 Å². The van der Waals surface area contributed by atoms with Gasteiger partial charge >= 0.3 is 28.4 Å². The molecule has 0 aliphatic carbocycles. The number of benzene rings is 11. The van der Waals surface area contributed by atoms with Crippen molar-refractivity contribution in [3.05, 3.63) is 334 Å². The zero-order chi connectivity index (χ0) is 89.9. The molecule has 0 N–H and O–H groups in total. The fourth-order valence-electron chi connectivity index (χ4n) is 13.8. The molecule has 2 atom stereocenters. The summed E-state index contributed by atoms with van der Waals surface area (Å²) in [6, 6.07) is 79.0. The van der Waals surface area contributed by atoms with Gasteiger partial charge in [0.2, 0.25) is 27.0 Å². The van der Waals surface area contributed by atoms with Crippen LogP contribution >= 0.6 is 0 Å². The Morgan fingerprint density at radius 1 is 0.309 bits per heavy atom. The van der Waals surface area contributed by atoms with Gasteiger partial charge in [-0.1, -0.05) is 200 Å². The minimum Gasteiger partial charge on any atom is -0.497 e. The minimum atomic E-state index is -0.113. The molecule has 123 heavy (non-hydrogen) atoms. The van der Waals surface area contributed by atoms with Crippen LogP contribution in [-0.2, 0) is 21.7 Å². The number of hydrogen-bond donors (Lipinski definition) is 0. The van der Waals surface area contributed by atoms with Crippen molar-refractivity contribution in [1.82, 2.24) is 0 Å². The lowest BCUT2D eigenvalue weighted by Gasteiger charge is -2.33. The van der Waals surface area contributed by atoms with Gasteiger partial charge in [0.15, 0.2) is 24.9 Å². The topological polar surface area (TPSA) is 224 Å². The Balaban J connectivity index is 0.000000213. The second-order valence-electron chi connectivity index (χ2n) is 34.3. The average Bonchev–Trinajstić information content (AvgIpc) is 0.797. The molecular weight excluding hydrogens is 1530 g/mol. The second-order valence-corrected chi connectivity index (χ2v) is 34.3. The monoisotopic (exact) mass is 1660 g/mol. The maximum Gasteiger partial charge on any atom is 0.388 e. The van der Waals surface area contributed by atoms with Crippen molar-refractivity contribution in [3.63, 3.8) is 0 Å². The van der Waals surface area contributed by atoms with E-state index in [2.05, 4.69) is 213 Å². The molecule has 11 aromatic rings. The number of hydrogen-bond acceptors (Lipinski definition) is 14. The SMILES string of the molecule is CCC(C)(C)c1ccc(OCCOc2ccc([N+]#N)c(C)c2)c(C(C)(C)CC)c1.COc1ccc(OCC(C)Oc2ccc([N+]#N)c(C)c2)cc1.Cc1cc(C(C)c2ccc(C(C)(C)c3ccccc3)cc2)ccc1[N+]#N.Cc1cc(OCCOc2ccc(C(C)(C)CC(C)(C)C)cc2)ccc1[N+]#N.Cc1cc(OCCOc2ccccc2)ccc1[N+]#N. The first-order valence-corrected chi connectivity index (χ1v) is 42.1. The van der Waals surface area contributed by atoms with Crippen molar-refractivity contribution in [1.29, 1.82) is 27.0 Å². The Bertz CT molecular complexity index is 5400. The van der Waals surface area contributed by atoms with Crippen molar-refractivity contribution in [3.8, 4) is 51.7 Å². The molecule has 19 heteroatoms. The Hall–Kier alpha value is -13.3. The number of nitrogens with zero attached hydrogens (tertiary/aromatic N) is 10. The van der Waals surface area contributed by atoms with Crippen molar-refractivity contribution in [2.45, 2.75) is 191 Å². The third kappa shape index (κ3) is 30.1. The van der Waals surface area contributed by atoms with Gasteiger partial charge in [0, 0.05) is 75.0 Å². The summed E-state index contributed by atoms with van der Waals surface area (Å²) in [5.74, 6) is 7.39. The minimum absolute atomic E-state index is 0.0239. The van der Waals surface area contributed by atoms with Gasteiger partial charge < -0.3 is 42.6 Å². The lowest BCUT2D eigenvalue weighted by molar-refractivity contribution is 0.143. The molecule has 0 saturated carbocycles. The molecule has 0 amide bonds. The number of diazo groups is 5. The van der Waals surface area contributed by atoms with Crippen molar-refractivity contribution in [2.75, 3.05) is 53.4 Å². The van der Waals surface area contributed by atoms with Crippen molar-refractivity contribution >= 4 is 28.4 Å². The highest BCUT2D eigenvalue weighted by Crippen LogP contribution is 2.41. The first-order chi connectivity index (χ1) is 58.6. The van der Waals surface area contributed by atoms with Gasteiger partial charge in [-0.2, -0.15) is 0 Å². The predicted octanol–water partition coefficient (Wildman–Crippen LogP) is 29.2. The molecule has 11 aromatic carbocycles. The average molecular weight is 1660 g/mol. The van der Waals surface area contributed by atoms with E-state index in [1.54, 1.807) is 55.6 Å². The summed E-state index contributed by atoms with van der Waals surface area (Å²) in [4.78, 5) is 16.1. The molecule has 2 unspecified atom stereocenters. The zero-order valence-electron chi connectivity index (χ0n) is 76.0. The number of ether oxygens (including phenoxy) is 9. The number of methoxy groups -OCH3 is 1. The van der Waals surface area contributed by atoms with Gasteiger partial charge in [-0.25, -0.2) is 0 Å². The van der Waals surface area contributed by atoms with E-state index in [9.17, 15) is 0 Å². The Morgan fingerprint density at radius 3 is 1.07 bits per heavy atom. The van der Waals surface area contributed by atoms with Crippen LogP contribution in [0.3, 0.4) is 0 Å². The molecule has 19 nitrogen and oxygen atoms in total. The predicted molar refractivity (Wildman–Crippen MR) is 497 cm³/mol. The molecule has 11 rings (SSSR count). The summed E-state index contributed by atoms with van der Waals surface area (Å²) in [6.45, 7) is 46.3. The Labute approximate surface area is 730 Å². The molecule has 0 aliphatic rings. The van der Waals surface area contributed by atoms with Gasteiger partial charge in [0.1, 0.15) is 104 Å². The first-order valence-electron chi connectivity index (χ1n) is 42.1. The van der Waals surface area contributed by atoms with Crippen LogP contribution in [0.2, 0.25) is 0 Å². The molecule has 0 saturated heterocycles. The van der Waals surface area contributed by atoms with Gasteiger partial charge in [0.25, 0.3) is 0 Å². The van der Waals surface area contributed by atoms with Crippen LogP contribution in [0.5, 0.6) is 51.7 Å². The van der Waals surface area contributed by atoms with E-state index >= 15 is 0 Å². The van der Waals surface area contributed by atoms with Crippen LogP contribution in [0.15, 0.2) is 243 Å². The summed E-state index contributed by atoms with van der Waals surface area (Å²) in [5, 5.41) is 44.2. The van der Waals surface area contributed by atoms with E-state index in [-0.39, 0.29) is 39.1 Å². The number of para-hydroxylation sites is 1. The molecule has 0 spiro atoms. The maximum absolute atomic E-state index is 8.99. The molecule has 640 valence electrons. The highest BCUT2D eigenvalue weighted by atomic mass is 16.5.